The van der Waals surface area contributed by atoms with Crippen molar-refractivity contribution in [3.63, 3.8) is 0 Å². The molecule has 5 rings (SSSR count). The van der Waals surface area contributed by atoms with Gasteiger partial charge in [-0.05, 0) is 90.3 Å². The third kappa shape index (κ3) is 2.71. The van der Waals surface area contributed by atoms with Crippen LogP contribution in [0.1, 0.15) is 113 Å². The summed E-state index contributed by atoms with van der Waals surface area (Å²) in [4.78, 5) is 12.9. The van der Waals surface area contributed by atoms with E-state index in [0.29, 0.717) is 34.9 Å². The predicted octanol–water partition coefficient (Wildman–Crippen LogP) is 7.35. The molecular formula is C30H48O2. The van der Waals surface area contributed by atoms with Gasteiger partial charge < -0.3 is 5.11 Å². The van der Waals surface area contributed by atoms with Crippen molar-refractivity contribution in [2.75, 3.05) is 0 Å². The van der Waals surface area contributed by atoms with E-state index in [1.807, 2.05) is 0 Å². The zero-order valence-corrected chi connectivity index (χ0v) is 22.1. The Morgan fingerprint density at radius 2 is 1.53 bits per heavy atom. The molecule has 0 saturated heterocycles. The number of hydrogen-bond donors (Lipinski definition) is 1. The lowest BCUT2D eigenvalue weighted by Crippen LogP contribution is -2.66. The summed E-state index contributed by atoms with van der Waals surface area (Å²) >= 11 is 0. The topological polar surface area (TPSA) is 37.3 Å². The van der Waals surface area contributed by atoms with Gasteiger partial charge in [-0.1, -0.05) is 67.0 Å². The second kappa shape index (κ2) is 6.52. The number of carbonyl (C=O) groups excluding carboxylic acids is 1. The van der Waals surface area contributed by atoms with E-state index >= 15 is 0 Å². The van der Waals surface area contributed by atoms with Gasteiger partial charge in [-0.15, -0.1) is 0 Å². The van der Waals surface area contributed by atoms with Crippen molar-refractivity contribution in [1.82, 2.24) is 0 Å². The van der Waals surface area contributed by atoms with Crippen molar-refractivity contribution < 1.29 is 9.90 Å². The monoisotopic (exact) mass is 440 g/mol. The van der Waals surface area contributed by atoms with Crippen LogP contribution in [-0.4, -0.2) is 17.0 Å². The molecule has 0 bridgehead atoms. The maximum absolute atomic E-state index is 12.9. The molecule has 5 aliphatic carbocycles. The number of ketones is 1. The van der Waals surface area contributed by atoms with E-state index in [9.17, 15) is 9.90 Å². The number of aliphatic hydroxyl groups excluding tert-OH is 1. The Morgan fingerprint density at radius 3 is 2.22 bits per heavy atom. The molecule has 1 N–H and O–H groups in total. The summed E-state index contributed by atoms with van der Waals surface area (Å²) in [6, 6.07) is 0. The number of rotatable bonds is 0. The highest BCUT2D eigenvalue weighted by Crippen LogP contribution is 2.75. The zero-order chi connectivity index (χ0) is 23.5. The molecule has 4 fully saturated rings. The van der Waals surface area contributed by atoms with Crippen LogP contribution >= 0.6 is 0 Å². The molecule has 0 spiro atoms. The number of carbonyl (C=O) groups is 1. The number of allylic oxidation sites excluding steroid dienone is 1. The highest BCUT2D eigenvalue weighted by atomic mass is 16.3. The normalized spacial score (nSPS) is 53.9. The van der Waals surface area contributed by atoms with Crippen molar-refractivity contribution in [2.45, 2.75) is 119 Å². The fraction of sp³-hybridized carbons (Fsp3) is 0.900. The summed E-state index contributed by atoms with van der Waals surface area (Å²) in [5.74, 6) is 1.67. The molecule has 0 aromatic carbocycles. The van der Waals surface area contributed by atoms with E-state index in [-0.39, 0.29) is 33.7 Å². The molecule has 2 nitrogen and oxygen atoms in total. The van der Waals surface area contributed by atoms with Crippen molar-refractivity contribution >= 4 is 5.78 Å². The standard InChI is InChI=1S/C30H48O2/c1-25(2)13-14-27(5)15-16-29(7)19(20(27)18-25)17-21(31)24-28(6)11-10-23(32)26(3,4)22(28)9-12-30(24,29)8/h17,20-22,24,31H,9-16,18H2,1-8H3/t20-,21-,22-,24+,27+,28-,29+,30+/m0/s1. The Hall–Kier alpha value is -0.630. The summed E-state index contributed by atoms with van der Waals surface area (Å²) in [5, 5.41) is 11.9. The van der Waals surface area contributed by atoms with E-state index < -0.39 is 0 Å². The third-order valence-electron chi connectivity index (χ3n) is 12.8. The van der Waals surface area contributed by atoms with E-state index in [4.69, 9.17) is 0 Å². The van der Waals surface area contributed by atoms with Crippen LogP contribution in [0.5, 0.6) is 0 Å². The van der Waals surface area contributed by atoms with Crippen molar-refractivity contribution in [2.24, 2.45) is 50.2 Å². The summed E-state index contributed by atoms with van der Waals surface area (Å²) in [5.41, 5.74) is 2.42. The number of Topliss-reactive ketones (excluding diaryl/α,β-unsaturated/α-hetero) is 1. The Morgan fingerprint density at radius 1 is 0.875 bits per heavy atom. The Balaban J connectivity index is 1.63. The minimum atomic E-state index is -0.382. The lowest BCUT2D eigenvalue weighted by molar-refractivity contribution is -0.206. The SMILES string of the molecule is CC1(C)CC[C@]2(C)CC[C@]3(C)C(=C[C@H](O)[C@@H]4[C@@]5(C)CCC(=O)C(C)(C)[C@@H]5CC[C@]43C)[C@@H]2C1. The van der Waals surface area contributed by atoms with Gasteiger partial charge in [0, 0.05) is 17.8 Å². The Labute approximate surface area is 197 Å². The summed E-state index contributed by atoms with van der Waals surface area (Å²) in [6.07, 6.45) is 12.4. The van der Waals surface area contributed by atoms with Crippen LogP contribution < -0.4 is 0 Å². The van der Waals surface area contributed by atoms with E-state index in [1.165, 1.54) is 32.1 Å². The second-order valence-electron chi connectivity index (χ2n) is 15.2. The second-order valence-corrected chi connectivity index (χ2v) is 15.2. The number of hydrogen-bond acceptors (Lipinski definition) is 2. The van der Waals surface area contributed by atoms with Crippen LogP contribution in [-0.2, 0) is 4.79 Å². The first-order chi connectivity index (χ1) is 14.6. The molecule has 0 radical (unpaired) electrons. The molecular weight excluding hydrogens is 392 g/mol. The van der Waals surface area contributed by atoms with Gasteiger partial charge in [0.15, 0.2) is 0 Å². The van der Waals surface area contributed by atoms with E-state index in [1.54, 1.807) is 5.57 Å². The Bertz CT molecular complexity index is 866. The number of aliphatic hydroxyl groups is 1. The molecule has 8 atom stereocenters. The first kappa shape index (κ1) is 23.1. The molecule has 0 aromatic rings. The average molecular weight is 441 g/mol. The van der Waals surface area contributed by atoms with Crippen LogP contribution in [0, 0.1) is 50.2 Å². The minimum Gasteiger partial charge on any atom is -0.389 e. The van der Waals surface area contributed by atoms with Crippen LogP contribution in [0.25, 0.3) is 0 Å². The van der Waals surface area contributed by atoms with Crippen molar-refractivity contribution in [1.29, 1.82) is 0 Å². The zero-order valence-electron chi connectivity index (χ0n) is 22.1. The predicted molar refractivity (Wildman–Crippen MR) is 131 cm³/mol. The van der Waals surface area contributed by atoms with Gasteiger partial charge in [-0.25, -0.2) is 0 Å². The quantitative estimate of drug-likeness (QED) is 0.400. The molecule has 4 saturated carbocycles. The molecule has 5 aliphatic rings. The van der Waals surface area contributed by atoms with Crippen LogP contribution in [0.4, 0.5) is 0 Å². The van der Waals surface area contributed by atoms with Crippen molar-refractivity contribution in [3.05, 3.63) is 11.6 Å². The van der Waals surface area contributed by atoms with Gasteiger partial charge in [-0.2, -0.15) is 0 Å². The van der Waals surface area contributed by atoms with Gasteiger partial charge in [0.2, 0.25) is 0 Å². The summed E-state index contributed by atoms with van der Waals surface area (Å²) in [7, 11) is 0. The molecule has 180 valence electrons. The first-order valence-corrected chi connectivity index (χ1v) is 13.5. The van der Waals surface area contributed by atoms with Gasteiger partial charge >= 0.3 is 0 Å². The molecule has 0 amide bonds. The van der Waals surface area contributed by atoms with Crippen LogP contribution in [0.15, 0.2) is 11.6 Å². The number of fused-ring (bicyclic) bond motifs is 7. The fourth-order valence-corrected chi connectivity index (χ4v) is 10.4. The highest BCUT2D eigenvalue weighted by molar-refractivity contribution is 5.85. The summed E-state index contributed by atoms with van der Waals surface area (Å²) in [6.45, 7) is 19.4. The lowest BCUT2D eigenvalue weighted by Gasteiger charge is -2.71. The molecule has 0 aromatic heterocycles. The smallest absolute Gasteiger partial charge is 0.138 e. The van der Waals surface area contributed by atoms with Crippen molar-refractivity contribution in [3.8, 4) is 0 Å². The average Bonchev–Trinajstić information content (AvgIpc) is 2.68. The van der Waals surface area contributed by atoms with Gasteiger partial charge in [0.25, 0.3) is 0 Å². The van der Waals surface area contributed by atoms with E-state index in [2.05, 4.69) is 61.5 Å². The highest BCUT2D eigenvalue weighted by Gasteiger charge is 2.69. The van der Waals surface area contributed by atoms with Gasteiger partial charge in [-0.3, -0.25) is 4.79 Å². The molecule has 0 heterocycles. The lowest BCUT2D eigenvalue weighted by atomic mass is 9.33. The first-order valence-electron chi connectivity index (χ1n) is 13.5. The molecule has 32 heavy (non-hydrogen) atoms. The maximum Gasteiger partial charge on any atom is 0.138 e. The summed E-state index contributed by atoms with van der Waals surface area (Å²) < 4.78 is 0. The third-order valence-corrected chi connectivity index (χ3v) is 12.8. The molecule has 0 unspecified atom stereocenters. The fourth-order valence-electron chi connectivity index (χ4n) is 10.4. The minimum absolute atomic E-state index is 0.0292. The molecule has 2 heteroatoms. The van der Waals surface area contributed by atoms with Gasteiger partial charge in [0.05, 0.1) is 6.10 Å². The largest absolute Gasteiger partial charge is 0.389 e. The van der Waals surface area contributed by atoms with Crippen LogP contribution in [0.2, 0.25) is 0 Å². The maximum atomic E-state index is 12.9. The molecule has 0 aliphatic heterocycles. The Kier molecular flexibility index (Phi) is 4.71. The van der Waals surface area contributed by atoms with Crippen LogP contribution in [0.3, 0.4) is 0 Å². The van der Waals surface area contributed by atoms with Gasteiger partial charge in [0.1, 0.15) is 5.78 Å². The van der Waals surface area contributed by atoms with E-state index in [0.717, 1.165) is 19.3 Å².